The van der Waals surface area contributed by atoms with Gasteiger partial charge in [0.1, 0.15) is 13.2 Å². The molecule has 1 aromatic carbocycles. The Morgan fingerprint density at radius 2 is 1.96 bits per heavy atom. The number of amides is 2. The number of piperazine rings is 1. The van der Waals surface area contributed by atoms with Crippen LogP contribution in [0.25, 0.3) is 0 Å². The second-order valence-electron chi connectivity index (χ2n) is 6.42. The number of benzene rings is 1. The fourth-order valence-electron chi connectivity index (χ4n) is 3.66. The minimum Gasteiger partial charge on any atom is -0.486 e. The number of fused-ring (bicyclic) bond motifs is 2. The number of rotatable bonds is 1. The van der Waals surface area contributed by atoms with E-state index >= 15 is 0 Å². The van der Waals surface area contributed by atoms with Crippen LogP contribution in [0, 0.1) is 0 Å². The van der Waals surface area contributed by atoms with Crippen molar-refractivity contribution in [2.75, 3.05) is 44.7 Å². The Labute approximate surface area is 136 Å². The van der Waals surface area contributed by atoms with Crippen LogP contribution in [0.1, 0.15) is 19.3 Å². The van der Waals surface area contributed by atoms with Gasteiger partial charge in [0.2, 0.25) is 0 Å². The molecule has 0 aromatic heterocycles. The minimum absolute atomic E-state index is 0.0214. The van der Waals surface area contributed by atoms with Crippen molar-refractivity contribution >= 4 is 11.7 Å². The highest BCUT2D eigenvalue weighted by atomic mass is 16.6. The number of hydrogen-bond acceptors (Lipinski definition) is 4. The average molecular weight is 317 g/mol. The largest absolute Gasteiger partial charge is 0.486 e. The van der Waals surface area contributed by atoms with Crippen molar-refractivity contribution in [2.24, 2.45) is 0 Å². The van der Waals surface area contributed by atoms with E-state index in [1.165, 1.54) is 25.8 Å². The number of ether oxygens (including phenoxy) is 2. The number of urea groups is 1. The number of anilines is 1. The van der Waals surface area contributed by atoms with Gasteiger partial charge in [0.25, 0.3) is 0 Å². The highest BCUT2D eigenvalue weighted by Gasteiger charge is 2.31. The molecule has 3 aliphatic rings. The van der Waals surface area contributed by atoms with E-state index in [0.717, 1.165) is 31.1 Å². The molecule has 0 saturated carbocycles. The minimum atomic E-state index is -0.0214. The van der Waals surface area contributed by atoms with Gasteiger partial charge in [-0.15, -0.1) is 0 Å². The smallest absolute Gasteiger partial charge is 0.321 e. The Balaban J connectivity index is 1.39. The van der Waals surface area contributed by atoms with Crippen molar-refractivity contribution in [1.29, 1.82) is 0 Å². The third kappa shape index (κ3) is 3.08. The standard InChI is InChI=1S/C17H23N3O3/c21-17(20-8-7-19-6-2-1-3-14(19)12-20)18-13-4-5-15-16(11-13)23-10-9-22-15/h4-5,11,14H,1-3,6-10,12H2,(H,18,21). The molecule has 3 aliphatic heterocycles. The van der Waals surface area contributed by atoms with Gasteiger partial charge in [-0.05, 0) is 31.5 Å². The fraction of sp³-hybridized carbons (Fsp3) is 0.588. The van der Waals surface area contributed by atoms with E-state index in [2.05, 4.69) is 10.2 Å². The van der Waals surface area contributed by atoms with Gasteiger partial charge >= 0.3 is 6.03 Å². The van der Waals surface area contributed by atoms with Gasteiger partial charge in [0, 0.05) is 37.4 Å². The molecule has 6 heteroatoms. The van der Waals surface area contributed by atoms with E-state index in [9.17, 15) is 4.79 Å². The summed E-state index contributed by atoms with van der Waals surface area (Å²) < 4.78 is 11.1. The molecule has 1 atom stereocenters. The monoisotopic (exact) mass is 317 g/mol. The summed E-state index contributed by atoms with van der Waals surface area (Å²) in [6, 6.07) is 6.06. The summed E-state index contributed by atoms with van der Waals surface area (Å²) in [5.41, 5.74) is 0.755. The lowest BCUT2D eigenvalue weighted by molar-refractivity contribution is 0.0678. The van der Waals surface area contributed by atoms with Gasteiger partial charge in [-0.3, -0.25) is 4.90 Å². The maximum absolute atomic E-state index is 12.5. The number of carbonyl (C=O) groups excluding carboxylic acids is 1. The van der Waals surface area contributed by atoms with Gasteiger partial charge in [-0.25, -0.2) is 4.79 Å². The Hall–Kier alpha value is -1.95. The predicted octanol–water partition coefficient (Wildman–Crippen LogP) is 2.16. The highest BCUT2D eigenvalue weighted by molar-refractivity contribution is 5.89. The van der Waals surface area contributed by atoms with Crippen LogP contribution in [-0.2, 0) is 0 Å². The molecular weight excluding hydrogens is 294 g/mol. The zero-order valence-electron chi connectivity index (χ0n) is 13.3. The molecule has 6 nitrogen and oxygen atoms in total. The quantitative estimate of drug-likeness (QED) is 0.862. The number of nitrogens with zero attached hydrogens (tertiary/aromatic N) is 2. The molecule has 2 fully saturated rings. The Bertz CT molecular complexity index is 592. The third-order valence-corrected chi connectivity index (χ3v) is 4.92. The van der Waals surface area contributed by atoms with Crippen LogP contribution in [0.15, 0.2) is 18.2 Å². The number of hydrogen-bond donors (Lipinski definition) is 1. The summed E-state index contributed by atoms with van der Waals surface area (Å²) in [6.07, 6.45) is 3.77. The topological polar surface area (TPSA) is 54.0 Å². The van der Waals surface area contributed by atoms with Gasteiger partial charge in [-0.2, -0.15) is 0 Å². The molecule has 1 aromatic rings. The number of nitrogens with one attached hydrogen (secondary N) is 1. The van der Waals surface area contributed by atoms with E-state index in [0.29, 0.717) is 25.0 Å². The maximum Gasteiger partial charge on any atom is 0.321 e. The summed E-state index contributed by atoms with van der Waals surface area (Å²) in [6.45, 7) is 4.92. The lowest BCUT2D eigenvalue weighted by Crippen LogP contribution is -2.56. The zero-order chi connectivity index (χ0) is 15.6. The first-order chi connectivity index (χ1) is 11.3. The second-order valence-corrected chi connectivity index (χ2v) is 6.42. The summed E-state index contributed by atoms with van der Waals surface area (Å²) >= 11 is 0. The first kappa shape index (κ1) is 14.6. The van der Waals surface area contributed by atoms with Crippen molar-refractivity contribution in [3.05, 3.63) is 18.2 Å². The number of piperidine rings is 1. The van der Waals surface area contributed by atoms with Crippen molar-refractivity contribution < 1.29 is 14.3 Å². The van der Waals surface area contributed by atoms with Crippen LogP contribution < -0.4 is 14.8 Å². The summed E-state index contributed by atoms with van der Waals surface area (Å²) in [4.78, 5) is 17.0. The summed E-state index contributed by atoms with van der Waals surface area (Å²) in [5, 5.41) is 2.99. The van der Waals surface area contributed by atoms with Crippen molar-refractivity contribution in [3.63, 3.8) is 0 Å². The van der Waals surface area contributed by atoms with Crippen molar-refractivity contribution in [3.8, 4) is 11.5 Å². The SMILES string of the molecule is O=C(Nc1ccc2c(c1)OCCO2)N1CCN2CCCCC2C1. The zero-order valence-corrected chi connectivity index (χ0v) is 13.3. The lowest BCUT2D eigenvalue weighted by Gasteiger charge is -2.43. The molecule has 1 N–H and O–H groups in total. The fourth-order valence-corrected chi connectivity index (χ4v) is 3.66. The Morgan fingerprint density at radius 1 is 1.09 bits per heavy atom. The molecule has 23 heavy (non-hydrogen) atoms. The van der Waals surface area contributed by atoms with Crippen LogP contribution in [-0.4, -0.2) is 61.3 Å². The van der Waals surface area contributed by atoms with E-state index in [4.69, 9.17) is 9.47 Å². The molecule has 2 amide bonds. The first-order valence-electron chi connectivity index (χ1n) is 8.49. The molecule has 0 aliphatic carbocycles. The van der Waals surface area contributed by atoms with E-state index in [-0.39, 0.29) is 6.03 Å². The van der Waals surface area contributed by atoms with Crippen LogP contribution in [0.4, 0.5) is 10.5 Å². The van der Waals surface area contributed by atoms with Gasteiger partial charge in [0.15, 0.2) is 11.5 Å². The highest BCUT2D eigenvalue weighted by Crippen LogP contribution is 2.32. The van der Waals surface area contributed by atoms with Crippen molar-refractivity contribution in [1.82, 2.24) is 9.80 Å². The van der Waals surface area contributed by atoms with Gasteiger partial charge < -0.3 is 19.7 Å². The molecule has 0 spiro atoms. The molecule has 1 unspecified atom stereocenters. The summed E-state index contributed by atoms with van der Waals surface area (Å²) in [7, 11) is 0. The van der Waals surface area contributed by atoms with Crippen LogP contribution in [0.5, 0.6) is 11.5 Å². The molecule has 4 rings (SSSR count). The average Bonchev–Trinajstić information content (AvgIpc) is 2.61. The van der Waals surface area contributed by atoms with Crippen molar-refractivity contribution in [2.45, 2.75) is 25.3 Å². The Morgan fingerprint density at radius 3 is 2.87 bits per heavy atom. The first-order valence-corrected chi connectivity index (χ1v) is 8.49. The van der Waals surface area contributed by atoms with E-state index in [1.54, 1.807) is 0 Å². The van der Waals surface area contributed by atoms with E-state index in [1.807, 2.05) is 23.1 Å². The molecule has 2 saturated heterocycles. The molecule has 3 heterocycles. The van der Waals surface area contributed by atoms with Crippen LogP contribution in [0.3, 0.4) is 0 Å². The predicted molar refractivity (Wildman–Crippen MR) is 87.2 cm³/mol. The molecule has 0 radical (unpaired) electrons. The molecule has 124 valence electrons. The van der Waals surface area contributed by atoms with Crippen LogP contribution >= 0.6 is 0 Å². The Kier molecular flexibility index (Phi) is 3.99. The molecule has 0 bridgehead atoms. The van der Waals surface area contributed by atoms with E-state index < -0.39 is 0 Å². The lowest BCUT2D eigenvalue weighted by atomic mass is 10.00. The number of carbonyl (C=O) groups is 1. The third-order valence-electron chi connectivity index (χ3n) is 4.92. The van der Waals surface area contributed by atoms with Gasteiger partial charge in [0.05, 0.1) is 0 Å². The second kappa shape index (κ2) is 6.28. The summed E-state index contributed by atoms with van der Waals surface area (Å²) in [5.74, 6) is 1.44. The van der Waals surface area contributed by atoms with Gasteiger partial charge in [-0.1, -0.05) is 6.42 Å². The normalized spacial score (nSPS) is 24.0. The maximum atomic E-state index is 12.5. The molecular formula is C17H23N3O3. The van der Waals surface area contributed by atoms with Crippen LogP contribution in [0.2, 0.25) is 0 Å².